The van der Waals surface area contributed by atoms with E-state index >= 15 is 0 Å². The van der Waals surface area contributed by atoms with Gasteiger partial charge in [-0.05, 0) is 65.2 Å². The summed E-state index contributed by atoms with van der Waals surface area (Å²) >= 11 is 0. The third kappa shape index (κ3) is 23.5. The average Bonchev–Trinajstić information content (AvgIpc) is 2.67. The summed E-state index contributed by atoms with van der Waals surface area (Å²) in [6.45, 7) is 6.64. The predicted octanol–water partition coefficient (Wildman–Crippen LogP) is 9.27. The van der Waals surface area contributed by atoms with Gasteiger partial charge in [0.15, 0.2) is 0 Å². The summed E-state index contributed by atoms with van der Waals surface area (Å²) in [6.07, 6.45) is 32.8. The van der Waals surface area contributed by atoms with Gasteiger partial charge in [-0.2, -0.15) is 0 Å². The molecule has 0 aliphatic rings. The molecule has 0 amide bonds. The lowest BCUT2D eigenvalue weighted by Crippen LogP contribution is -2.19. The van der Waals surface area contributed by atoms with Gasteiger partial charge < -0.3 is 5.73 Å². The van der Waals surface area contributed by atoms with Crippen molar-refractivity contribution in [2.75, 3.05) is 0 Å². The number of rotatable bonds is 21. The first-order chi connectivity index (χ1) is 13.7. The zero-order valence-corrected chi connectivity index (χ0v) is 19.8. The molecule has 0 aliphatic carbocycles. The Morgan fingerprint density at radius 2 is 1.07 bits per heavy atom. The van der Waals surface area contributed by atoms with E-state index in [1.54, 1.807) is 0 Å². The molecule has 1 unspecified atom stereocenters. The average molecular weight is 392 g/mol. The molecule has 0 spiro atoms. The topological polar surface area (TPSA) is 26.0 Å². The van der Waals surface area contributed by atoms with E-state index in [0.717, 1.165) is 0 Å². The van der Waals surface area contributed by atoms with Gasteiger partial charge in [-0.1, -0.05) is 101 Å². The number of nitrogens with two attached hydrogens (primary N) is 1. The fourth-order valence-electron chi connectivity index (χ4n) is 3.75. The van der Waals surface area contributed by atoms with Crippen LogP contribution in [0, 0.1) is 0 Å². The van der Waals surface area contributed by atoms with Crippen LogP contribution in [0.25, 0.3) is 0 Å². The Bertz CT molecular complexity index is 351. The van der Waals surface area contributed by atoms with Crippen molar-refractivity contribution in [3.05, 3.63) is 23.8 Å². The van der Waals surface area contributed by atoms with Gasteiger partial charge in [-0.25, -0.2) is 0 Å². The maximum atomic E-state index is 6.23. The Morgan fingerprint density at radius 3 is 1.61 bits per heavy atom. The Kier molecular flexibility index (Phi) is 22.3. The molecule has 0 fully saturated rings. The molecular formula is C27H53N. The molecule has 1 nitrogen and oxygen atoms in total. The van der Waals surface area contributed by atoms with Crippen LogP contribution in [0.4, 0.5) is 0 Å². The van der Waals surface area contributed by atoms with Gasteiger partial charge in [0.1, 0.15) is 0 Å². The molecular weight excluding hydrogens is 338 g/mol. The minimum absolute atomic E-state index is 0.425. The molecule has 0 aliphatic heterocycles. The van der Waals surface area contributed by atoms with Crippen molar-refractivity contribution in [3.8, 4) is 0 Å². The second-order valence-electron chi connectivity index (χ2n) is 9.05. The molecule has 28 heavy (non-hydrogen) atoms. The zero-order valence-electron chi connectivity index (χ0n) is 19.8. The van der Waals surface area contributed by atoms with Gasteiger partial charge in [0, 0.05) is 6.04 Å². The highest BCUT2D eigenvalue weighted by Crippen LogP contribution is 2.13. The molecule has 0 heterocycles. The van der Waals surface area contributed by atoms with Crippen molar-refractivity contribution in [1.82, 2.24) is 0 Å². The van der Waals surface area contributed by atoms with Gasteiger partial charge in [0.2, 0.25) is 0 Å². The summed E-state index contributed by atoms with van der Waals surface area (Å²) < 4.78 is 0. The fraction of sp³-hybridized carbons (Fsp3) is 0.852. The number of allylic oxidation sites excluding steroid dienone is 4. The second kappa shape index (κ2) is 22.7. The van der Waals surface area contributed by atoms with Crippen LogP contribution in [0.3, 0.4) is 0 Å². The Hall–Kier alpha value is -0.560. The highest BCUT2D eigenvalue weighted by molar-refractivity contribution is 4.92. The van der Waals surface area contributed by atoms with Gasteiger partial charge >= 0.3 is 0 Å². The normalized spacial score (nSPS) is 12.6. The molecule has 0 bridgehead atoms. The molecule has 1 heteroatoms. The minimum Gasteiger partial charge on any atom is -0.328 e. The smallest absolute Gasteiger partial charge is 0.00389 e. The Labute approximate surface area is 178 Å². The molecule has 0 saturated carbocycles. The van der Waals surface area contributed by atoms with Gasteiger partial charge in [0.05, 0.1) is 0 Å². The van der Waals surface area contributed by atoms with Crippen molar-refractivity contribution in [3.63, 3.8) is 0 Å². The third-order valence-corrected chi connectivity index (χ3v) is 5.67. The summed E-state index contributed by atoms with van der Waals surface area (Å²) in [7, 11) is 0. The Balaban J connectivity index is 3.20. The summed E-state index contributed by atoms with van der Waals surface area (Å²) in [5.74, 6) is 0. The first kappa shape index (κ1) is 27.4. The van der Waals surface area contributed by atoms with E-state index < -0.39 is 0 Å². The summed E-state index contributed by atoms with van der Waals surface area (Å²) in [6, 6.07) is 0.425. The lowest BCUT2D eigenvalue weighted by Gasteiger charge is -2.10. The molecule has 0 aromatic carbocycles. The third-order valence-electron chi connectivity index (χ3n) is 5.67. The van der Waals surface area contributed by atoms with E-state index in [2.05, 4.69) is 39.0 Å². The van der Waals surface area contributed by atoms with Gasteiger partial charge in [-0.15, -0.1) is 0 Å². The largest absolute Gasteiger partial charge is 0.328 e. The van der Waals surface area contributed by atoms with Crippen molar-refractivity contribution < 1.29 is 0 Å². The van der Waals surface area contributed by atoms with E-state index in [4.69, 9.17) is 5.73 Å². The molecule has 0 rings (SSSR count). The number of unbranched alkanes of at least 4 members (excludes halogenated alkanes) is 14. The van der Waals surface area contributed by atoms with E-state index in [-0.39, 0.29) is 0 Å². The van der Waals surface area contributed by atoms with Crippen molar-refractivity contribution >= 4 is 0 Å². The molecule has 0 saturated heterocycles. The lowest BCUT2D eigenvalue weighted by molar-refractivity contribution is 0.499. The van der Waals surface area contributed by atoms with Crippen LogP contribution in [0.5, 0.6) is 0 Å². The highest BCUT2D eigenvalue weighted by Gasteiger charge is 2.01. The summed E-state index contributed by atoms with van der Waals surface area (Å²) in [5.41, 5.74) is 7.66. The predicted molar refractivity (Wildman–Crippen MR) is 130 cm³/mol. The fourth-order valence-corrected chi connectivity index (χ4v) is 3.75. The molecule has 0 aromatic rings. The van der Waals surface area contributed by atoms with Crippen LogP contribution in [-0.4, -0.2) is 6.04 Å². The minimum atomic E-state index is 0.425. The van der Waals surface area contributed by atoms with Crippen LogP contribution >= 0.6 is 0 Å². The van der Waals surface area contributed by atoms with Crippen molar-refractivity contribution in [2.45, 2.75) is 149 Å². The van der Waals surface area contributed by atoms with Crippen molar-refractivity contribution in [1.29, 1.82) is 0 Å². The second-order valence-corrected chi connectivity index (χ2v) is 9.05. The first-order valence-electron chi connectivity index (χ1n) is 12.7. The van der Waals surface area contributed by atoms with Gasteiger partial charge in [0.25, 0.3) is 0 Å². The quantitative estimate of drug-likeness (QED) is 0.153. The maximum Gasteiger partial charge on any atom is 0.00389 e. The molecule has 2 N–H and O–H groups in total. The highest BCUT2D eigenvalue weighted by atomic mass is 14.6. The maximum absolute atomic E-state index is 6.23. The van der Waals surface area contributed by atoms with E-state index in [0.29, 0.717) is 6.04 Å². The van der Waals surface area contributed by atoms with Crippen LogP contribution in [-0.2, 0) is 0 Å². The Morgan fingerprint density at radius 1 is 0.607 bits per heavy atom. The van der Waals surface area contributed by atoms with Crippen molar-refractivity contribution in [2.24, 2.45) is 5.73 Å². The van der Waals surface area contributed by atoms with Gasteiger partial charge in [-0.3, -0.25) is 0 Å². The molecule has 0 radical (unpaired) electrons. The number of hydrogen-bond donors (Lipinski definition) is 1. The zero-order chi connectivity index (χ0) is 20.7. The first-order valence-corrected chi connectivity index (χ1v) is 12.7. The molecule has 1 atom stereocenters. The SMILES string of the molecule is CCCCCCCCC=CCCCCCCCCCC(N)CCCC=C(C)C. The van der Waals surface area contributed by atoms with Crippen LogP contribution in [0.15, 0.2) is 23.8 Å². The van der Waals surface area contributed by atoms with E-state index in [9.17, 15) is 0 Å². The summed E-state index contributed by atoms with van der Waals surface area (Å²) in [4.78, 5) is 0. The monoisotopic (exact) mass is 391 g/mol. The van der Waals surface area contributed by atoms with E-state index in [1.165, 1.54) is 128 Å². The van der Waals surface area contributed by atoms with Crippen LogP contribution < -0.4 is 5.73 Å². The van der Waals surface area contributed by atoms with Crippen LogP contribution in [0.1, 0.15) is 143 Å². The van der Waals surface area contributed by atoms with E-state index in [1.807, 2.05) is 0 Å². The number of hydrogen-bond acceptors (Lipinski definition) is 1. The molecule has 0 aromatic heterocycles. The summed E-state index contributed by atoms with van der Waals surface area (Å²) in [5, 5.41) is 0. The van der Waals surface area contributed by atoms with Crippen LogP contribution in [0.2, 0.25) is 0 Å². The standard InChI is InChI=1S/C27H53N/c1-4-5-6-7-8-9-10-11-12-13-14-15-16-17-18-19-20-24-27(28)25-22-21-23-26(2)3/h11-12,23,27H,4-10,13-22,24-25,28H2,1-3H3. The lowest BCUT2D eigenvalue weighted by atomic mass is 10.0. The molecule has 166 valence electrons.